The standard InChI is InChI=1S/C18H21N3O3S/c22-18(19-11-13-5-2-1-3-6-13)17-15-7-4-8-16(15)20-21(17)14-9-10-25(23,24)12-14/h1-3,5-6,14H,4,7-12H2,(H,19,22). The van der Waals surface area contributed by atoms with Crippen molar-refractivity contribution in [2.45, 2.75) is 38.3 Å². The predicted molar refractivity (Wildman–Crippen MR) is 94.2 cm³/mol. The van der Waals surface area contributed by atoms with E-state index < -0.39 is 9.84 Å². The molecule has 1 aromatic heterocycles. The average molecular weight is 359 g/mol. The number of hydrogen-bond donors (Lipinski definition) is 1. The lowest BCUT2D eigenvalue weighted by Crippen LogP contribution is -2.28. The van der Waals surface area contributed by atoms with Gasteiger partial charge in [0.2, 0.25) is 0 Å². The van der Waals surface area contributed by atoms with Crippen LogP contribution in [0.4, 0.5) is 0 Å². The van der Waals surface area contributed by atoms with Crippen molar-refractivity contribution in [3.05, 3.63) is 52.8 Å². The summed E-state index contributed by atoms with van der Waals surface area (Å²) in [6.45, 7) is 0.447. The van der Waals surface area contributed by atoms with Gasteiger partial charge in [-0.15, -0.1) is 0 Å². The molecule has 2 aliphatic rings. The Morgan fingerprint density at radius 2 is 2.04 bits per heavy atom. The molecule has 25 heavy (non-hydrogen) atoms. The van der Waals surface area contributed by atoms with Crippen LogP contribution in [-0.2, 0) is 29.2 Å². The number of nitrogens with one attached hydrogen (secondary N) is 1. The van der Waals surface area contributed by atoms with E-state index in [4.69, 9.17) is 0 Å². The van der Waals surface area contributed by atoms with E-state index in [0.717, 1.165) is 36.1 Å². The molecule has 1 aliphatic heterocycles. The maximum Gasteiger partial charge on any atom is 0.270 e. The Morgan fingerprint density at radius 3 is 2.76 bits per heavy atom. The fraction of sp³-hybridized carbons (Fsp3) is 0.444. The van der Waals surface area contributed by atoms with E-state index in [0.29, 0.717) is 18.7 Å². The van der Waals surface area contributed by atoms with Crippen molar-refractivity contribution >= 4 is 15.7 Å². The number of nitrogens with zero attached hydrogens (tertiary/aromatic N) is 2. The lowest BCUT2D eigenvalue weighted by molar-refractivity contribution is 0.0937. The molecule has 2 heterocycles. The lowest BCUT2D eigenvalue weighted by Gasteiger charge is -2.14. The first-order valence-corrected chi connectivity index (χ1v) is 10.5. The van der Waals surface area contributed by atoms with E-state index in [2.05, 4.69) is 10.4 Å². The molecule has 0 bridgehead atoms. The van der Waals surface area contributed by atoms with Gasteiger partial charge < -0.3 is 5.32 Å². The summed E-state index contributed by atoms with van der Waals surface area (Å²) in [5, 5.41) is 7.57. The zero-order valence-electron chi connectivity index (χ0n) is 13.9. The van der Waals surface area contributed by atoms with E-state index in [9.17, 15) is 13.2 Å². The first-order valence-electron chi connectivity index (χ1n) is 8.66. The van der Waals surface area contributed by atoms with E-state index in [1.807, 2.05) is 30.3 Å². The van der Waals surface area contributed by atoms with Gasteiger partial charge in [-0.1, -0.05) is 30.3 Å². The minimum absolute atomic E-state index is 0.0759. The van der Waals surface area contributed by atoms with Crippen molar-refractivity contribution in [1.29, 1.82) is 0 Å². The third kappa shape index (κ3) is 3.20. The molecule has 132 valence electrons. The highest BCUT2D eigenvalue weighted by Gasteiger charge is 2.35. The molecule has 1 fully saturated rings. The SMILES string of the molecule is O=C(NCc1ccccc1)c1c2c(nn1C1CCS(=O)(=O)C1)CCC2. The quantitative estimate of drug-likeness (QED) is 0.900. The number of carbonyl (C=O) groups excluding carboxylic acids is 1. The van der Waals surface area contributed by atoms with Gasteiger partial charge in [0.15, 0.2) is 9.84 Å². The second-order valence-electron chi connectivity index (χ2n) is 6.80. The Balaban J connectivity index is 1.60. The van der Waals surface area contributed by atoms with E-state index in [1.54, 1.807) is 4.68 Å². The fourth-order valence-electron chi connectivity index (χ4n) is 3.75. The van der Waals surface area contributed by atoms with Crippen molar-refractivity contribution in [3.8, 4) is 0 Å². The molecule has 7 heteroatoms. The van der Waals surface area contributed by atoms with Crippen LogP contribution in [-0.4, -0.2) is 35.6 Å². The number of fused-ring (bicyclic) bond motifs is 1. The van der Waals surface area contributed by atoms with Crippen molar-refractivity contribution in [2.75, 3.05) is 11.5 Å². The first kappa shape index (κ1) is 16.3. The fourth-order valence-corrected chi connectivity index (χ4v) is 5.44. The third-order valence-corrected chi connectivity index (χ3v) is 6.75. The van der Waals surface area contributed by atoms with Crippen molar-refractivity contribution in [1.82, 2.24) is 15.1 Å². The Morgan fingerprint density at radius 1 is 1.24 bits per heavy atom. The smallest absolute Gasteiger partial charge is 0.270 e. The van der Waals surface area contributed by atoms with E-state index >= 15 is 0 Å². The van der Waals surface area contributed by atoms with Gasteiger partial charge in [0.1, 0.15) is 5.69 Å². The second kappa shape index (κ2) is 6.29. The summed E-state index contributed by atoms with van der Waals surface area (Å²) in [6, 6.07) is 9.51. The molecule has 0 spiro atoms. The zero-order valence-corrected chi connectivity index (χ0v) is 14.8. The highest BCUT2D eigenvalue weighted by atomic mass is 32.2. The zero-order chi connectivity index (χ0) is 17.4. The van der Waals surface area contributed by atoms with Gasteiger partial charge in [-0.25, -0.2) is 8.42 Å². The van der Waals surface area contributed by atoms with Crippen molar-refractivity contribution in [2.24, 2.45) is 0 Å². The summed E-state index contributed by atoms with van der Waals surface area (Å²) in [6.07, 6.45) is 3.23. The molecule has 6 nitrogen and oxygen atoms in total. The van der Waals surface area contributed by atoms with Crippen LogP contribution in [0.5, 0.6) is 0 Å². The largest absolute Gasteiger partial charge is 0.347 e. The molecule has 1 aliphatic carbocycles. The highest BCUT2D eigenvalue weighted by Crippen LogP contribution is 2.31. The number of aromatic nitrogens is 2. The first-order chi connectivity index (χ1) is 12.0. The molecule has 1 N–H and O–H groups in total. The molecular formula is C18H21N3O3S. The van der Waals surface area contributed by atoms with Gasteiger partial charge in [0, 0.05) is 12.1 Å². The molecule has 2 aromatic rings. The van der Waals surface area contributed by atoms with Crippen LogP contribution < -0.4 is 5.32 Å². The van der Waals surface area contributed by atoms with Crippen LogP contribution >= 0.6 is 0 Å². The number of benzene rings is 1. The van der Waals surface area contributed by atoms with Crippen LogP contribution in [0.1, 0.15) is 46.2 Å². The van der Waals surface area contributed by atoms with Gasteiger partial charge in [-0.2, -0.15) is 5.10 Å². The van der Waals surface area contributed by atoms with Crippen LogP contribution in [0, 0.1) is 0 Å². The van der Waals surface area contributed by atoms with E-state index in [-0.39, 0.29) is 23.5 Å². The van der Waals surface area contributed by atoms with Crippen LogP contribution in [0.2, 0.25) is 0 Å². The summed E-state index contributed by atoms with van der Waals surface area (Å²) < 4.78 is 25.4. The Kier molecular flexibility index (Phi) is 4.11. The minimum atomic E-state index is -3.03. The molecule has 1 aromatic carbocycles. The molecule has 1 atom stereocenters. The van der Waals surface area contributed by atoms with Gasteiger partial charge >= 0.3 is 0 Å². The second-order valence-corrected chi connectivity index (χ2v) is 9.03. The summed E-state index contributed by atoms with van der Waals surface area (Å²) in [4.78, 5) is 12.9. The molecule has 1 unspecified atom stereocenters. The van der Waals surface area contributed by atoms with Gasteiger partial charge in [0.25, 0.3) is 5.91 Å². The Hall–Kier alpha value is -2.15. The number of hydrogen-bond acceptors (Lipinski definition) is 4. The Bertz CT molecular complexity index is 903. The van der Waals surface area contributed by atoms with Gasteiger partial charge in [-0.3, -0.25) is 9.48 Å². The molecule has 0 radical (unpaired) electrons. The van der Waals surface area contributed by atoms with Gasteiger partial charge in [0.05, 0.1) is 23.2 Å². The highest BCUT2D eigenvalue weighted by molar-refractivity contribution is 7.91. The molecule has 1 amide bonds. The number of amides is 1. The van der Waals surface area contributed by atoms with Crippen molar-refractivity contribution in [3.63, 3.8) is 0 Å². The molecular weight excluding hydrogens is 338 g/mol. The van der Waals surface area contributed by atoms with Crippen LogP contribution in [0.3, 0.4) is 0 Å². The predicted octanol–water partition coefficient (Wildman–Crippen LogP) is 1.66. The summed E-state index contributed by atoms with van der Waals surface area (Å²) >= 11 is 0. The third-order valence-electron chi connectivity index (χ3n) is 5.00. The molecule has 4 rings (SSSR count). The maximum atomic E-state index is 12.9. The Labute approximate surface area is 147 Å². The monoisotopic (exact) mass is 359 g/mol. The van der Waals surface area contributed by atoms with Crippen molar-refractivity contribution < 1.29 is 13.2 Å². The lowest BCUT2D eigenvalue weighted by atomic mass is 10.1. The minimum Gasteiger partial charge on any atom is -0.347 e. The average Bonchev–Trinajstić information content (AvgIpc) is 3.27. The summed E-state index contributed by atoms with van der Waals surface area (Å²) in [5.41, 5.74) is 3.54. The molecule has 0 saturated carbocycles. The van der Waals surface area contributed by atoms with Crippen LogP contribution in [0.15, 0.2) is 30.3 Å². The van der Waals surface area contributed by atoms with E-state index in [1.165, 1.54) is 0 Å². The number of carbonyl (C=O) groups is 1. The number of aryl methyl sites for hydroxylation is 1. The van der Waals surface area contributed by atoms with Gasteiger partial charge in [-0.05, 0) is 31.2 Å². The number of rotatable bonds is 4. The van der Waals surface area contributed by atoms with Crippen LogP contribution in [0.25, 0.3) is 0 Å². The molecule has 1 saturated heterocycles. The topological polar surface area (TPSA) is 81.1 Å². The maximum absolute atomic E-state index is 12.9. The normalized spacial score (nSPS) is 21.2. The summed E-state index contributed by atoms with van der Waals surface area (Å²) in [5.74, 6) is 0.0866. The summed E-state index contributed by atoms with van der Waals surface area (Å²) in [7, 11) is -3.03. The number of sulfone groups is 1.